The highest BCUT2D eigenvalue weighted by molar-refractivity contribution is 9.08. The normalized spacial score (nSPS) is 11.9. The third-order valence-corrected chi connectivity index (χ3v) is 6.82. The molecule has 0 N–H and O–H groups in total. The van der Waals surface area contributed by atoms with Gasteiger partial charge in [-0.2, -0.15) is 8.78 Å². The molecule has 0 atom stereocenters. The maximum absolute atomic E-state index is 14.9. The number of para-hydroxylation sites is 1. The number of ether oxygens (including phenoxy) is 1. The molecule has 0 spiro atoms. The van der Waals surface area contributed by atoms with E-state index in [-0.39, 0.29) is 22.6 Å². The number of alkyl halides is 3. The molecule has 10 heteroatoms. The summed E-state index contributed by atoms with van der Waals surface area (Å²) in [6.07, 6.45) is 2.90. The number of nitrogens with zero attached hydrogens (tertiary/aromatic N) is 2. The van der Waals surface area contributed by atoms with E-state index in [9.17, 15) is 21.6 Å². The van der Waals surface area contributed by atoms with Gasteiger partial charge in [0.2, 0.25) is 0 Å². The Balaban J connectivity index is 1.82. The average Bonchev–Trinajstić information content (AvgIpc) is 3.10. The van der Waals surface area contributed by atoms with Crippen LogP contribution in [0.3, 0.4) is 0 Å². The summed E-state index contributed by atoms with van der Waals surface area (Å²) in [6, 6.07) is 13.7. The van der Waals surface area contributed by atoms with Crippen molar-refractivity contribution in [2.24, 2.45) is 0 Å². The Morgan fingerprint density at radius 2 is 1.82 bits per heavy atom. The van der Waals surface area contributed by atoms with Gasteiger partial charge in [0.15, 0.2) is 9.84 Å². The molecule has 33 heavy (non-hydrogen) atoms. The van der Waals surface area contributed by atoms with Crippen molar-refractivity contribution in [3.63, 3.8) is 0 Å². The molecule has 0 unspecified atom stereocenters. The number of hydrogen-bond donors (Lipinski definition) is 0. The van der Waals surface area contributed by atoms with E-state index in [1.165, 1.54) is 36.4 Å². The van der Waals surface area contributed by atoms with Gasteiger partial charge in [-0.05, 0) is 23.8 Å². The minimum Gasteiger partial charge on any atom is -0.435 e. The number of pyridine rings is 1. The molecule has 0 saturated carbocycles. The van der Waals surface area contributed by atoms with Gasteiger partial charge in [-0.25, -0.2) is 17.8 Å². The van der Waals surface area contributed by atoms with Gasteiger partial charge in [0.1, 0.15) is 17.2 Å². The van der Waals surface area contributed by atoms with E-state index < -0.39 is 22.3 Å². The number of rotatable bonds is 7. The van der Waals surface area contributed by atoms with Gasteiger partial charge in [0.05, 0.1) is 16.3 Å². The summed E-state index contributed by atoms with van der Waals surface area (Å²) in [4.78, 5) is 4.60. The summed E-state index contributed by atoms with van der Waals surface area (Å²) < 4.78 is 70.4. The molecular weight excluding hydrogens is 521 g/mol. The summed E-state index contributed by atoms with van der Waals surface area (Å²) in [7, 11) is -3.38. The number of benzene rings is 2. The van der Waals surface area contributed by atoms with Crippen LogP contribution in [0, 0.1) is 5.82 Å². The first-order valence-corrected chi connectivity index (χ1v) is 12.8. The second kappa shape index (κ2) is 9.18. The molecule has 2 aromatic carbocycles. The maximum atomic E-state index is 14.9. The smallest absolute Gasteiger partial charge is 0.387 e. The molecule has 4 aromatic rings. The highest BCUT2D eigenvalue weighted by Crippen LogP contribution is 2.30. The fourth-order valence-electron chi connectivity index (χ4n) is 3.59. The van der Waals surface area contributed by atoms with Crippen LogP contribution in [0.4, 0.5) is 13.2 Å². The van der Waals surface area contributed by atoms with Gasteiger partial charge >= 0.3 is 6.61 Å². The van der Waals surface area contributed by atoms with Crippen molar-refractivity contribution in [2.75, 3.05) is 6.26 Å². The van der Waals surface area contributed by atoms with Crippen molar-refractivity contribution in [1.82, 2.24) is 9.38 Å². The SMILES string of the molecule is CS(=O)(=O)c1ccc(-c2cn3c(Cc4ccccc4OC(F)F)c(CBr)nc3cc2F)cc1. The first kappa shape index (κ1) is 23.3. The summed E-state index contributed by atoms with van der Waals surface area (Å²) >= 11 is 3.39. The molecule has 0 amide bonds. The first-order chi connectivity index (χ1) is 15.7. The summed E-state index contributed by atoms with van der Waals surface area (Å²) in [6.45, 7) is -2.96. The number of fused-ring (bicyclic) bond motifs is 1. The monoisotopic (exact) mass is 538 g/mol. The quantitative estimate of drug-likeness (QED) is 0.286. The minimum atomic E-state index is -3.38. The van der Waals surface area contributed by atoms with Crippen molar-refractivity contribution in [2.45, 2.75) is 23.3 Å². The molecule has 0 saturated heterocycles. The Hall–Kier alpha value is -2.85. The summed E-state index contributed by atoms with van der Waals surface area (Å²) in [5.74, 6) is -0.463. The molecule has 0 aliphatic rings. The number of imidazole rings is 1. The second-order valence-electron chi connectivity index (χ2n) is 7.36. The molecule has 5 nitrogen and oxygen atoms in total. The van der Waals surface area contributed by atoms with Crippen LogP contribution in [0.25, 0.3) is 16.8 Å². The number of halogens is 4. The number of hydrogen-bond acceptors (Lipinski definition) is 4. The van der Waals surface area contributed by atoms with Gasteiger partial charge in [0.25, 0.3) is 0 Å². The van der Waals surface area contributed by atoms with Gasteiger partial charge < -0.3 is 9.14 Å². The van der Waals surface area contributed by atoms with Crippen molar-refractivity contribution < 1.29 is 26.3 Å². The fourth-order valence-corrected chi connectivity index (χ4v) is 4.67. The Morgan fingerprint density at radius 1 is 1.12 bits per heavy atom. The van der Waals surface area contributed by atoms with E-state index in [1.54, 1.807) is 28.8 Å². The molecule has 2 aromatic heterocycles. The van der Waals surface area contributed by atoms with Crippen molar-refractivity contribution in [3.05, 3.63) is 83.6 Å². The molecular formula is C23H18BrF3N2O3S. The van der Waals surface area contributed by atoms with Gasteiger partial charge in [0, 0.05) is 41.4 Å². The molecule has 0 radical (unpaired) electrons. The van der Waals surface area contributed by atoms with Crippen LogP contribution in [-0.4, -0.2) is 30.7 Å². The van der Waals surface area contributed by atoms with E-state index in [2.05, 4.69) is 25.7 Å². The maximum Gasteiger partial charge on any atom is 0.387 e. The lowest BCUT2D eigenvalue weighted by Gasteiger charge is -2.12. The van der Waals surface area contributed by atoms with Crippen molar-refractivity contribution in [3.8, 4) is 16.9 Å². The van der Waals surface area contributed by atoms with Crippen LogP contribution in [0.15, 0.2) is 65.7 Å². The standard InChI is InChI=1S/C23H18BrF3N2O3S/c1-33(30,31)16-8-6-14(7-9-16)17-13-29-20(19(12-24)28-22(29)11-18(17)25)10-15-4-2-3-5-21(15)32-23(26)27/h2-9,11,13,23H,10,12H2,1H3. The summed E-state index contributed by atoms with van der Waals surface area (Å²) in [5.41, 5.74) is 2.95. The fraction of sp³-hybridized carbons (Fsp3) is 0.174. The van der Waals surface area contributed by atoms with Crippen molar-refractivity contribution >= 4 is 31.4 Å². The van der Waals surface area contributed by atoms with Crippen LogP contribution >= 0.6 is 15.9 Å². The van der Waals surface area contributed by atoms with Crippen LogP contribution in [0.1, 0.15) is 17.0 Å². The lowest BCUT2D eigenvalue weighted by Crippen LogP contribution is -2.06. The van der Waals surface area contributed by atoms with Crippen molar-refractivity contribution in [1.29, 1.82) is 0 Å². The van der Waals surface area contributed by atoms with Crippen LogP contribution < -0.4 is 4.74 Å². The predicted octanol–water partition coefficient (Wildman–Crippen LogP) is 5.63. The van der Waals surface area contributed by atoms with Crippen LogP contribution in [0.5, 0.6) is 5.75 Å². The van der Waals surface area contributed by atoms with Gasteiger partial charge in [-0.15, -0.1) is 0 Å². The number of sulfone groups is 1. The zero-order chi connectivity index (χ0) is 23.8. The first-order valence-electron chi connectivity index (χ1n) is 9.76. The molecule has 0 aliphatic heterocycles. The molecule has 0 bridgehead atoms. The highest BCUT2D eigenvalue weighted by Gasteiger charge is 2.18. The largest absolute Gasteiger partial charge is 0.435 e. The Bertz CT molecular complexity index is 1420. The van der Waals surface area contributed by atoms with Gasteiger partial charge in [-0.1, -0.05) is 46.3 Å². The average molecular weight is 539 g/mol. The van der Waals surface area contributed by atoms with Crippen LogP contribution in [0.2, 0.25) is 0 Å². The van der Waals surface area contributed by atoms with Gasteiger partial charge in [-0.3, -0.25) is 0 Å². The molecule has 0 fully saturated rings. The van der Waals surface area contributed by atoms with E-state index in [1.807, 2.05) is 0 Å². The zero-order valence-electron chi connectivity index (χ0n) is 17.3. The Labute approximate surface area is 196 Å². The molecule has 2 heterocycles. The molecule has 0 aliphatic carbocycles. The Morgan fingerprint density at radius 3 is 2.45 bits per heavy atom. The van der Waals surface area contributed by atoms with E-state index in [0.717, 1.165) is 6.26 Å². The molecule has 172 valence electrons. The second-order valence-corrected chi connectivity index (χ2v) is 9.94. The Kier molecular flexibility index (Phi) is 6.49. The lowest BCUT2D eigenvalue weighted by molar-refractivity contribution is -0.0504. The lowest BCUT2D eigenvalue weighted by atomic mass is 10.1. The minimum absolute atomic E-state index is 0.0571. The van der Waals surface area contributed by atoms with E-state index in [0.29, 0.717) is 33.5 Å². The van der Waals surface area contributed by atoms with E-state index >= 15 is 0 Å². The topological polar surface area (TPSA) is 60.7 Å². The zero-order valence-corrected chi connectivity index (χ0v) is 19.7. The third-order valence-electron chi connectivity index (χ3n) is 5.16. The third kappa shape index (κ3) is 4.91. The van der Waals surface area contributed by atoms with Crippen LogP contribution in [-0.2, 0) is 21.6 Å². The molecule has 4 rings (SSSR count). The highest BCUT2D eigenvalue weighted by atomic mass is 79.9. The number of aromatic nitrogens is 2. The summed E-state index contributed by atoms with van der Waals surface area (Å²) in [5, 5.41) is 0.377. The van der Waals surface area contributed by atoms with E-state index in [4.69, 9.17) is 0 Å². The predicted molar refractivity (Wildman–Crippen MR) is 122 cm³/mol.